The van der Waals surface area contributed by atoms with Gasteiger partial charge < -0.3 is 14.6 Å². The fraction of sp³-hybridized carbons (Fsp3) is 0.276. The van der Waals surface area contributed by atoms with Gasteiger partial charge in [0.25, 0.3) is 11.7 Å². The number of nitrogens with zero attached hydrogens (tertiary/aromatic N) is 1. The molecule has 0 saturated carbocycles. The van der Waals surface area contributed by atoms with E-state index in [2.05, 4.69) is 0 Å². The topological polar surface area (TPSA) is 93.1 Å². The maximum atomic E-state index is 13.3. The van der Waals surface area contributed by atoms with Crippen LogP contribution in [0.15, 0.2) is 65.6 Å². The number of hydrogen-bond acceptors (Lipinski definition) is 7. The molecular formula is C29H27NO6S. The predicted molar refractivity (Wildman–Crippen MR) is 141 cm³/mol. The Morgan fingerprint density at radius 1 is 1.14 bits per heavy atom. The van der Waals surface area contributed by atoms with Gasteiger partial charge in [-0.1, -0.05) is 19.9 Å². The second kappa shape index (κ2) is 9.86. The standard InChI is InChI=1S/C29H27NO6S/c1-16(2)15-35-29(34)18-6-9-21(10-7-18)30-25(23-5-4-12-37-23)24(27(32)28(30)33)26(31)19-8-11-22-20(14-19)13-17(3)36-22/h4-12,14,16-17,25,31H,13,15H2,1-3H3/b26-24-. The number of fused-ring (bicyclic) bond motifs is 1. The van der Waals surface area contributed by atoms with Crippen molar-refractivity contribution in [3.8, 4) is 5.75 Å². The van der Waals surface area contributed by atoms with Gasteiger partial charge in [0, 0.05) is 22.5 Å². The lowest BCUT2D eigenvalue weighted by Gasteiger charge is -2.24. The maximum Gasteiger partial charge on any atom is 0.338 e. The Balaban J connectivity index is 1.53. The second-order valence-electron chi connectivity index (χ2n) is 9.68. The van der Waals surface area contributed by atoms with Crippen LogP contribution in [-0.4, -0.2) is 35.5 Å². The van der Waals surface area contributed by atoms with Gasteiger partial charge in [-0.3, -0.25) is 14.5 Å². The van der Waals surface area contributed by atoms with Crippen LogP contribution in [0, 0.1) is 5.92 Å². The number of esters is 1. The number of hydrogen-bond donors (Lipinski definition) is 1. The Hall–Kier alpha value is -3.91. The molecule has 37 heavy (non-hydrogen) atoms. The lowest BCUT2D eigenvalue weighted by molar-refractivity contribution is -0.132. The summed E-state index contributed by atoms with van der Waals surface area (Å²) in [5.41, 5.74) is 2.22. The lowest BCUT2D eigenvalue weighted by atomic mass is 9.98. The zero-order valence-corrected chi connectivity index (χ0v) is 21.6. The van der Waals surface area contributed by atoms with Crippen molar-refractivity contribution in [2.45, 2.75) is 39.3 Å². The molecule has 1 aromatic heterocycles. The molecule has 2 aliphatic rings. The number of Topliss-reactive ketones (excluding diaryl/α,β-unsaturated/α-hetero) is 1. The first kappa shape index (κ1) is 24.8. The number of carbonyl (C=O) groups excluding carboxylic acids is 3. The molecule has 1 saturated heterocycles. The van der Waals surface area contributed by atoms with Crippen molar-refractivity contribution < 1.29 is 29.0 Å². The number of aliphatic hydroxyl groups excluding tert-OH is 1. The molecule has 3 heterocycles. The van der Waals surface area contributed by atoms with E-state index in [0.717, 1.165) is 16.2 Å². The molecule has 2 aromatic carbocycles. The minimum absolute atomic E-state index is 0.0276. The normalized spacial score (nSPS) is 20.3. The molecule has 0 radical (unpaired) electrons. The summed E-state index contributed by atoms with van der Waals surface area (Å²) >= 11 is 1.39. The third kappa shape index (κ3) is 4.64. The van der Waals surface area contributed by atoms with Gasteiger partial charge in [0.05, 0.1) is 17.7 Å². The van der Waals surface area contributed by atoms with E-state index in [1.54, 1.807) is 36.4 Å². The van der Waals surface area contributed by atoms with Crippen molar-refractivity contribution in [2.24, 2.45) is 5.92 Å². The number of rotatable bonds is 6. The average molecular weight is 518 g/mol. The number of aliphatic hydroxyl groups is 1. The van der Waals surface area contributed by atoms with Crippen molar-refractivity contribution in [3.05, 3.63) is 87.1 Å². The Bertz CT molecular complexity index is 1390. The summed E-state index contributed by atoms with van der Waals surface area (Å²) in [5.74, 6) is -1.22. The molecule has 1 amide bonds. The van der Waals surface area contributed by atoms with Crippen LogP contribution in [0.4, 0.5) is 5.69 Å². The summed E-state index contributed by atoms with van der Waals surface area (Å²) in [7, 11) is 0. The summed E-state index contributed by atoms with van der Waals surface area (Å²) in [5, 5.41) is 13.2. The molecule has 3 aromatic rings. The molecule has 0 bridgehead atoms. The molecule has 0 spiro atoms. The van der Waals surface area contributed by atoms with Crippen molar-refractivity contribution >= 4 is 40.4 Å². The van der Waals surface area contributed by atoms with Crippen molar-refractivity contribution in [3.63, 3.8) is 0 Å². The SMILES string of the molecule is CC(C)COC(=O)c1ccc(N2C(=O)C(=O)/C(=C(\O)c3ccc4c(c3)CC(C)O4)C2c2cccs2)cc1. The third-order valence-corrected chi connectivity index (χ3v) is 7.28. The summed E-state index contributed by atoms with van der Waals surface area (Å²) < 4.78 is 11.0. The number of thiophene rings is 1. The first-order chi connectivity index (χ1) is 17.7. The van der Waals surface area contributed by atoms with Gasteiger partial charge in [0.15, 0.2) is 0 Å². The van der Waals surface area contributed by atoms with Gasteiger partial charge in [-0.2, -0.15) is 0 Å². The summed E-state index contributed by atoms with van der Waals surface area (Å²) in [4.78, 5) is 41.1. The molecule has 2 atom stereocenters. The smallest absolute Gasteiger partial charge is 0.338 e. The van der Waals surface area contributed by atoms with E-state index < -0.39 is 23.7 Å². The van der Waals surface area contributed by atoms with Crippen molar-refractivity contribution in [1.29, 1.82) is 0 Å². The molecule has 2 aliphatic heterocycles. The van der Waals surface area contributed by atoms with Crippen LogP contribution in [0.1, 0.15) is 53.2 Å². The Labute approximate surface area is 218 Å². The van der Waals surface area contributed by atoms with E-state index in [9.17, 15) is 19.5 Å². The van der Waals surface area contributed by atoms with Crippen LogP contribution in [0.3, 0.4) is 0 Å². The maximum absolute atomic E-state index is 13.3. The fourth-order valence-corrected chi connectivity index (χ4v) is 5.45. The van der Waals surface area contributed by atoms with E-state index in [1.165, 1.54) is 16.2 Å². The van der Waals surface area contributed by atoms with Crippen LogP contribution < -0.4 is 9.64 Å². The first-order valence-electron chi connectivity index (χ1n) is 12.2. The molecule has 0 aliphatic carbocycles. The number of anilines is 1. The Morgan fingerprint density at radius 2 is 1.86 bits per heavy atom. The van der Waals surface area contributed by atoms with E-state index in [-0.39, 0.29) is 23.4 Å². The monoisotopic (exact) mass is 517 g/mol. The van der Waals surface area contributed by atoms with Gasteiger partial charge in [0.1, 0.15) is 23.7 Å². The van der Waals surface area contributed by atoms with Crippen LogP contribution >= 0.6 is 11.3 Å². The Kier molecular flexibility index (Phi) is 6.60. The summed E-state index contributed by atoms with van der Waals surface area (Å²) in [6.07, 6.45) is 0.736. The number of benzene rings is 2. The zero-order chi connectivity index (χ0) is 26.3. The quantitative estimate of drug-likeness (QED) is 0.201. The molecule has 5 rings (SSSR count). The van der Waals surface area contributed by atoms with Gasteiger partial charge >= 0.3 is 5.97 Å². The minimum atomic E-state index is -0.804. The first-order valence-corrected chi connectivity index (χ1v) is 13.0. The van der Waals surface area contributed by atoms with Crippen molar-refractivity contribution in [1.82, 2.24) is 0 Å². The second-order valence-corrected chi connectivity index (χ2v) is 10.7. The highest BCUT2D eigenvalue weighted by molar-refractivity contribution is 7.10. The van der Waals surface area contributed by atoms with Crippen LogP contribution in [0.25, 0.3) is 5.76 Å². The number of carbonyl (C=O) groups is 3. The molecule has 190 valence electrons. The lowest BCUT2D eigenvalue weighted by Crippen LogP contribution is -2.29. The Morgan fingerprint density at radius 3 is 2.54 bits per heavy atom. The summed E-state index contributed by atoms with van der Waals surface area (Å²) in [6, 6.07) is 14.5. The highest BCUT2D eigenvalue weighted by Crippen LogP contribution is 2.44. The molecule has 8 heteroatoms. The van der Waals surface area contributed by atoms with Gasteiger partial charge in [0.2, 0.25) is 0 Å². The number of amides is 1. The minimum Gasteiger partial charge on any atom is -0.507 e. The van der Waals surface area contributed by atoms with E-state index >= 15 is 0 Å². The number of ketones is 1. The van der Waals surface area contributed by atoms with E-state index in [1.807, 2.05) is 44.4 Å². The predicted octanol–water partition coefficient (Wildman–Crippen LogP) is 5.51. The highest BCUT2D eigenvalue weighted by atomic mass is 32.1. The van der Waals surface area contributed by atoms with E-state index in [4.69, 9.17) is 9.47 Å². The zero-order valence-electron chi connectivity index (χ0n) is 20.8. The van der Waals surface area contributed by atoms with Crippen LogP contribution in [0.5, 0.6) is 5.75 Å². The number of ether oxygens (including phenoxy) is 2. The van der Waals surface area contributed by atoms with Gasteiger partial charge in [-0.25, -0.2) is 4.79 Å². The van der Waals surface area contributed by atoms with Crippen molar-refractivity contribution in [2.75, 3.05) is 11.5 Å². The van der Waals surface area contributed by atoms with Crippen LogP contribution in [-0.2, 0) is 20.7 Å². The molecule has 7 nitrogen and oxygen atoms in total. The highest BCUT2D eigenvalue weighted by Gasteiger charge is 2.47. The van der Waals surface area contributed by atoms with E-state index in [0.29, 0.717) is 29.8 Å². The molecule has 1 fully saturated rings. The summed E-state index contributed by atoms with van der Waals surface area (Å²) in [6.45, 7) is 6.18. The molecular weight excluding hydrogens is 490 g/mol. The van der Waals surface area contributed by atoms with Gasteiger partial charge in [-0.05, 0) is 72.3 Å². The molecule has 1 N–H and O–H groups in total. The largest absolute Gasteiger partial charge is 0.507 e. The average Bonchev–Trinajstić information content (AvgIpc) is 3.60. The van der Waals surface area contributed by atoms with Crippen LogP contribution in [0.2, 0.25) is 0 Å². The third-order valence-electron chi connectivity index (χ3n) is 6.36. The molecule has 2 unspecified atom stereocenters. The fourth-order valence-electron chi connectivity index (χ4n) is 4.62. The van der Waals surface area contributed by atoms with Gasteiger partial charge in [-0.15, -0.1) is 11.3 Å².